The van der Waals surface area contributed by atoms with Crippen LogP contribution in [0.5, 0.6) is 5.75 Å². The fraction of sp³-hybridized carbons (Fsp3) is 0.190. The number of benzene rings is 2. The van der Waals surface area contributed by atoms with Gasteiger partial charge in [-0.3, -0.25) is 9.59 Å². The number of ether oxygens (including phenoxy) is 1. The average molecular weight is 413 g/mol. The molecule has 1 aromatic heterocycles. The van der Waals surface area contributed by atoms with Gasteiger partial charge in [0.1, 0.15) is 28.1 Å². The molecule has 1 N–H and O–H groups in total. The molecule has 150 valence electrons. The molecule has 0 saturated carbocycles. The Labute approximate surface area is 172 Å². The molecular formula is C21H20FN3O3S. The third-order valence-electron chi connectivity index (χ3n) is 4.00. The van der Waals surface area contributed by atoms with Gasteiger partial charge in [-0.15, -0.1) is 11.3 Å². The number of halogens is 1. The first-order valence-electron chi connectivity index (χ1n) is 8.81. The molecular weight excluding hydrogens is 393 g/mol. The number of nitrogens with one attached hydrogen (secondary N) is 1. The van der Waals surface area contributed by atoms with E-state index in [-0.39, 0.29) is 24.2 Å². The Morgan fingerprint density at radius 2 is 1.90 bits per heavy atom. The van der Waals surface area contributed by atoms with Gasteiger partial charge in [-0.25, -0.2) is 9.37 Å². The summed E-state index contributed by atoms with van der Waals surface area (Å²) in [6, 6.07) is 12.5. The zero-order valence-electron chi connectivity index (χ0n) is 16.2. The molecule has 1 heterocycles. The number of thiazole rings is 1. The lowest BCUT2D eigenvalue weighted by Gasteiger charge is -2.11. The van der Waals surface area contributed by atoms with Crippen LogP contribution in [-0.2, 0) is 6.61 Å². The lowest BCUT2D eigenvalue weighted by Crippen LogP contribution is -2.21. The van der Waals surface area contributed by atoms with Crippen LogP contribution < -0.4 is 10.1 Å². The SMILES string of the molecule is Cc1nc(COc2ccc(F)cc2)sc1C(=O)Nc1cccc(C(=O)N(C)C)c1. The van der Waals surface area contributed by atoms with Gasteiger partial charge in [-0.1, -0.05) is 6.07 Å². The van der Waals surface area contributed by atoms with Crippen LogP contribution in [0.1, 0.15) is 30.7 Å². The predicted molar refractivity (Wildman–Crippen MR) is 110 cm³/mol. The maximum absolute atomic E-state index is 13.0. The molecule has 0 fully saturated rings. The van der Waals surface area contributed by atoms with Crippen LogP contribution in [0.4, 0.5) is 10.1 Å². The van der Waals surface area contributed by atoms with E-state index in [9.17, 15) is 14.0 Å². The Kier molecular flexibility index (Phi) is 6.23. The van der Waals surface area contributed by atoms with Crippen molar-refractivity contribution in [3.8, 4) is 5.75 Å². The monoisotopic (exact) mass is 413 g/mol. The smallest absolute Gasteiger partial charge is 0.267 e. The zero-order valence-corrected chi connectivity index (χ0v) is 17.0. The molecule has 2 amide bonds. The highest BCUT2D eigenvalue weighted by Gasteiger charge is 2.17. The quantitative estimate of drug-likeness (QED) is 0.660. The van der Waals surface area contributed by atoms with Crippen LogP contribution >= 0.6 is 11.3 Å². The molecule has 0 unspecified atom stereocenters. The predicted octanol–water partition coefficient (Wildman–Crippen LogP) is 4.12. The van der Waals surface area contributed by atoms with Gasteiger partial charge in [0.2, 0.25) is 0 Å². The molecule has 0 aliphatic carbocycles. The Bertz CT molecular complexity index is 1030. The minimum Gasteiger partial charge on any atom is -0.486 e. The van der Waals surface area contributed by atoms with Crippen LogP contribution in [0.2, 0.25) is 0 Å². The summed E-state index contributed by atoms with van der Waals surface area (Å²) in [5, 5.41) is 3.44. The van der Waals surface area contributed by atoms with Crippen molar-refractivity contribution in [2.24, 2.45) is 0 Å². The number of hydrogen-bond donors (Lipinski definition) is 1. The molecule has 0 saturated heterocycles. The largest absolute Gasteiger partial charge is 0.486 e. The van der Waals surface area contributed by atoms with Crippen molar-refractivity contribution in [1.82, 2.24) is 9.88 Å². The fourth-order valence-corrected chi connectivity index (χ4v) is 3.45. The van der Waals surface area contributed by atoms with E-state index in [4.69, 9.17) is 4.74 Å². The normalized spacial score (nSPS) is 10.5. The van der Waals surface area contributed by atoms with Crippen molar-refractivity contribution < 1.29 is 18.7 Å². The van der Waals surface area contributed by atoms with Gasteiger partial charge >= 0.3 is 0 Å². The van der Waals surface area contributed by atoms with Crippen LogP contribution in [0.25, 0.3) is 0 Å². The van der Waals surface area contributed by atoms with E-state index in [2.05, 4.69) is 10.3 Å². The standard InChI is InChI=1S/C21H20FN3O3S/c1-13-19(29-18(23-13)12-28-17-9-7-15(22)8-10-17)20(26)24-16-6-4-5-14(11-16)21(27)25(2)3/h4-11H,12H2,1-3H3,(H,24,26). The van der Waals surface area contributed by atoms with Crippen molar-refractivity contribution in [1.29, 1.82) is 0 Å². The van der Waals surface area contributed by atoms with E-state index >= 15 is 0 Å². The second kappa shape index (κ2) is 8.83. The van der Waals surface area contributed by atoms with E-state index in [1.54, 1.807) is 45.3 Å². The molecule has 0 aliphatic heterocycles. The molecule has 6 nitrogen and oxygen atoms in total. The summed E-state index contributed by atoms with van der Waals surface area (Å²) in [5.41, 5.74) is 1.60. The summed E-state index contributed by atoms with van der Waals surface area (Å²) in [6.07, 6.45) is 0. The molecule has 29 heavy (non-hydrogen) atoms. The number of nitrogens with zero attached hydrogens (tertiary/aromatic N) is 2. The first kappa shape index (κ1) is 20.5. The van der Waals surface area contributed by atoms with E-state index in [1.807, 2.05) is 0 Å². The number of carbonyl (C=O) groups is 2. The number of anilines is 1. The van der Waals surface area contributed by atoms with E-state index in [0.717, 1.165) is 0 Å². The molecule has 0 spiro atoms. The van der Waals surface area contributed by atoms with Gasteiger partial charge in [-0.2, -0.15) is 0 Å². The number of aryl methyl sites for hydroxylation is 1. The maximum Gasteiger partial charge on any atom is 0.267 e. The first-order chi connectivity index (χ1) is 13.8. The third kappa shape index (κ3) is 5.17. The summed E-state index contributed by atoms with van der Waals surface area (Å²) in [4.78, 5) is 31.1. The van der Waals surface area contributed by atoms with Gasteiger partial charge in [0.05, 0.1) is 5.69 Å². The highest BCUT2D eigenvalue weighted by atomic mass is 32.1. The van der Waals surface area contributed by atoms with Gasteiger partial charge in [0.15, 0.2) is 0 Å². The Balaban J connectivity index is 1.68. The van der Waals surface area contributed by atoms with Crippen molar-refractivity contribution in [3.05, 3.63) is 75.5 Å². The van der Waals surface area contributed by atoms with Gasteiger partial charge in [-0.05, 0) is 49.4 Å². The number of aromatic nitrogens is 1. The van der Waals surface area contributed by atoms with Crippen LogP contribution in [0.15, 0.2) is 48.5 Å². The molecule has 3 rings (SSSR count). The van der Waals surface area contributed by atoms with E-state index in [0.29, 0.717) is 32.6 Å². The second-order valence-electron chi connectivity index (χ2n) is 6.50. The topological polar surface area (TPSA) is 71.5 Å². The van der Waals surface area contributed by atoms with Crippen molar-refractivity contribution in [3.63, 3.8) is 0 Å². The number of hydrogen-bond acceptors (Lipinski definition) is 5. The summed E-state index contributed by atoms with van der Waals surface area (Å²) in [7, 11) is 3.34. The molecule has 0 radical (unpaired) electrons. The lowest BCUT2D eigenvalue weighted by atomic mass is 10.2. The van der Waals surface area contributed by atoms with Crippen molar-refractivity contribution >= 4 is 28.8 Å². The molecule has 2 aromatic carbocycles. The van der Waals surface area contributed by atoms with E-state index in [1.165, 1.54) is 40.5 Å². The second-order valence-corrected chi connectivity index (χ2v) is 7.58. The summed E-state index contributed by atoms with van der Waals surface area (Å²) in [5.74, 6) is -0.261. The minimum absolute atomic E-state index is 0.143. The van der Waals surface area contributed by atoms with Crippen molar-refractivity contribution in [2.45, 2.75) is 13.5 Å². The maximum atomic E-state index is 13.0. The fourth-order valence-electron chi connectivity index (χ4n) is 2.58. The Hall–Kier alpha value is -3.26. The summed E-state index contributed by atoms with van der Waals surface area (Å²) in [6.45, 7) is 1.93. The Morgan fingerprint density at radius 1 is 1.17 bits per heavy atom. The molecule has 0 bridgehead atoms. The van der Waals surface area contributed by atoms with Gasteiger partial charge in [0.25, 0.3) is 11.8 Å². The highest BCUT2D eigenvalue weighted by molar-refractivity contribution is 7.13. The minimum atomic E-state index is -0.335. The van der Waals surface area contributed by atoms with E-state index < -0.39 is 0 Å². The summed E-state index contributed by atoms with van der Waals surface area (Å²) < 4.78 is 18.5. The highest BCUT2D eigenvalue weighted by Crippen LogP contribution is 2.22. The third-order valence-corrected chi connectivity index (χ3v) is 5.13. The number of rotatable bonds is 6. The molecule has 0 aliphatic rings. The average Bonchev–Trinajstić information content (AvgIpc) is 3.08. The number of amides is 2. The zero-order chi connectivity index (χ0) is 21.0. The van der Waals surface area contributed by atoms with Crippen LogP contribution in [-0.4, -0.2) is 35.8 Å². The number of carbonyl (C=O) groups excluding carboxylic acids is 2. The molecule has 3 aromatic rings. The van der Waals surface area contributed by atoms with Crippen molar-refractivity contribution in [2.75, 3.05) is 19.4 Å². The molecule has 0 atom stereocenters. The first-order valence-corrected chi connectivity index (χ1v) is 9.63. The Morgan fingerprint density at radius 3 is 2.59 bits per heavy atom. The van der Waals surface area contributed by atoms with Crippen LogP contribution in [0.3, 0.4) is 0 Å². The van der Waals surface area contributed by atoms with Gasteiger partial charge < -0.3 is 15.0 Å². The lowest BCUT2D eigenvalue weighted by molar-refractivity contribution is 0.0827. The molecule has 8 heteroatoms. The van der Waals surface area contributed by atoms with Gasteiger partial charge in [0, 0.05) is 25.3 Å². The van der Waals surface area contributed by atoms with Crippen LogP contribution in [0, 0.1) is 12.7 Å². The summed E-state index contributed by atoms with van der Waals surface area (Å²) >= 11 is 1.23.